The summed E-state index contributed by atoms with van der Waals surface area (Å²) < 4.78 is 5.62. The molecule has 0 saturated carbocycles. The summed E-state index contributed by atoms with van der Waals surface area (Å²) in [5.41, 5.74) is 0.630. The minimum Gasteiger partial charge on any atom is -0.377 e. The normalized spacial score (nSPS) is 25.9. The maximum Gasteiger partial charge on any atom is 0.244 e. The minimum absolute atomic E-state index is 0.0700. The number of amides is 1. The highest BCUT2D eigenvalue weighted by Crippen LogP contribution is 2.32. The van der Waals surface area contributed by atoms with Gasteiger partial charge in [-0.25, -0.2) is 0 Å². The van der Waals surface area contributed by atoms with Crippen LogP contribution in [0.25, 0.3) is 0 Å². The second-order valence-corrected chi connectivity index (χ2v) is 6.06. The van der Waals surface area contributed by atoms with Gasteiger partial charge in [0.05, 0.1) is 18.2 Å². The molecule has 1 aliphatic heterocycles. The van der Waals surface area contributed by atoms with Gasteiger partial charge in [0.15, 0.2) is 0 Å². The first-order valence-corrected chi connectivity index (χ1v) is 7.73. The third-order valence-corrected chi connectivity index (χ3v) is 4.11. The second kappa shape index (κ2) is 6.58. The molecule has 2 unspecified atom stereocenters. The molecule has 1 fully saturated rings. The number of rotatable bonds is 6. The zero-order valence-electron chi connectivity index (χ0n) is 13.4. The summed E-state index contributed by atoms with van der Waals surface area (Å²) in [7, 11) is 0. The van der Waals surface area contributed by atoms with E-state index in [2.05, 4.69) is 17.4 Å². The predicted octanol–water partition coefficient (Wildman–Crippen LogP) is 2.71. The van der Waals surface area contributed by atoms with Crippen LogP contribution < -0.4 is 5.32 Å². The summed E-state index contributed by atoms with van der Waals surface area (Å²) in [5.74, 6) is 0.159. The molecule has 0 aromatic heterocycles. The molecule has 4 heteroatoms. The van der Waals surface area contributed by atoms with Gasteiger partial charge in [-0.15, -0.1) is 0 Å². The summed E-state index contributed by atoms with van der Waals surface area (Å²) in [4.78, 5) is 14.6. The van der Waals surface area contributed by atoms with Crippen molar-refractivity contribution in [2.45, 2.75) is 51.9 Å². The van der Waals surface area contributed by atoms with Gasteiger partial charge in [0.25, 0.3) is 0 Å². The van der Waals surface area contributed by atoms with E-state index in [0.717, 1.165) is 12.0 Å². The van der Waals surface area contributed by atoms with Crippen LogP contribution in [0, 0.1) is 0 Å². The molecule has 1 saturated heterocycles. The van der Waals surface area contributed by atoms with E-state index in [1.54, 1.807) is 0 Å². The average Bonchev–Trinajstić information content (AvgIpc) is 2.73. The third kappa shape index (κ3) is 3.44. The van der Waals surface area contributed by atoms with Crippen molar-refractivity contribution in [3.63, 3.8) is 0 Å². The highest BCUT2D eigenvalue weighted by molar-refractivity contribution is 5.88. The van der Waals surface area contributed by atoms with Gasteiger partial charge in [-0.05, 0) is 32.8 Å². The van der Waals surface area contributed by atoms with Crippen molar-refractivity contribution in [1.29, 1.82) is 0 Å². The number of carbonyl (C=O) groups excluding carboxylic acids is 1. The Labute approximate surface area is 127 Å². The minimum atomic E-state index is -0.488. The van der Waals surface area contributed by atoms with Gasteiger partial charge >= 0.3 is 0 Å². The van der Waals surface area contributed by atoms with Gasteiger partial charge in [0, 0.05) is 6.54 Å². The lowest BCUT2D eigenvalue weighted by Crippen LogP contribution is -2.43. The Morgan fingerprint density at radius 2 is 2.00 bits per heavy atom. The number of benzene rings is 1. The Morgan fingerprint density at radius 3 is 2.57 bits per heavy atom. The fraction of sp³-hybridized carbons (Fsp3) is 0.588. The van der Waals surface area contributed by atoms with Crippen LogP contribution in [-0.4, -0.2) is 35.6 Å². The van der Waals surface area contributed by atoms with Crippen LogP contribution in [0.15, 0.2) is 30.3 Å². The number of hydrogen-bond acceptors (Lipinski definition) is 3. The lowest BCUT2D eigenvalue weighted by atomic mass is 9.99. The standard InChI is InChI=1S/C17H26N2O2/c1-5-17(4)16(20)19(11-12-21-13(2)3)15(18-17)14-9-7-6-8-10-14/h6-10,13,15,18H,5,11-12H2,1-4H3. The maximum absolute atomic E-state index is 12.7. The molecule has 1 N–H and O–H groups in total. The Bertz CT molecular complexity index is 475. The maximum atomic E-state index is 12.7. The van der Waals surface area contributed by atoms with Crippen LogP contribution in [0.5, 0.6) is 0 Å². The van der Waals surface area contributed by atoms with Gasteiger partial charge in [-0.3, -0.25) is 10.1 Å². The first-order chi connectivity index (χ1) is 9.98. The largest absolute Gasteiger partial charge is 0.377 e. The monoisotopic (exact) mass is 290 g/mol. The molecule has 1 aliphatic rings. The molecular formula is C17H26N2O2. The summed E-state index contributed by atoms with van der Waals surface area (Å²) in [5, 5.41) is 3.49. The van der Waals surface area contributed by atoms with Crippen molar-refractivity contribution in [1.82, 2.24) is 10.2 Å². The van der Waals surface area contributed by atoms with Crippen LogP contribution in [0.1, 0.15) is 45.8 Å². The Morgan fingerprint density at radius 1 is 1.33 bits per heavy atom. The quantitative estimate of drug-likeness (QED) is 0.876. The topological polar surface area (TPSA) is 41.6 Å². The van der Waals surface area contributed by atoms with Crippen LogP contribution in [0.4, 0.5) is 0 Å². The van der Waals surface area contributed by atoms with E-state index in [1.165, 1.54) is 0 Å². The van der Waals surface area contributed by atoms with Crippen molar-refractivity contribution < 1.29 is 9.53 Å². The molecule has 0 spiro atoms. The van der Waals surface area contributed by atoms with Gasteiger partial charge in [0.1, 0.15) is 6.17 Å². The van der Waals surface area contributed by atoms with Gasteiger partial charge in [-0.2, -0.15) is 0 Å². The molecule has 1 amide bonds. The first kappa shape index (κ1) is 16.0. The van der Waals surface area contributed by atoms with E-state index in [4.69, 9.17) is 4.74 Å². The number of nitrogens with zero attached hydrogens (tertiary/aromatic N) is 1. The lowest BCUT2D eigenvalue weighted by Gasteiger charge is -2.25. The summed E-state index contributed by atoms with van der Waals surface area (Å²) in [6.45, 7) is 9.22. The molecule has 2 rings (SSSR count). The van der Waals surface area contributed by atoms with Crippen LogP contribution >= 0.6 is 0 Å². The summed E-state index contributed by atoms with van der Waals surface area (Å²) in [6, 6.07) is 10.1. The summed E-state index contributed by atoms with van der Waals surface area (Å²) >= 11 is 0. The molecule has 21 heavy (non-hydrogen) atoms. The molecule has 0 bridgehead atoms. The number of nitrogens with one attached hydrogen (secondary N) is 1. The number of carbonyl (C=O) groups is 1. The van der Waals surface area contributed by atoms with Gasteiger partial charge in [0.2, 0.25) is 5.91 Å². The molecule has 0 aliphatic carbocycles. The number of hydrogen-bond donors (Lipinski definition) is 1. The van der Waals surface area contributed by atoms with Crippen molar-refractivity contribution in [2.75, 3.05) is 13.2 Å². The molecule has 2 atom stereocenters. The molecule has 1 heterocycles. The zero-order valence-corrected chi connectivity index (χ0v) is 13.4. The Hall–Kier alpha value is -1.39. The van der Waals surface area contributed by atoms with E-state index in [0.29, 0.717) is 13.2 Å². The van der Waals surface area contributed by atoms with E-state index in [9.17, 15) is 4.79 Å². The zero-order chi connectivity index (χ0) is 15.5. The van der Waals surface area contributed by atoms with Crippen molar-refractivity contribution in [3.05, 3.63) is 35.9 Å². The molecule has 1 aromatic rings. The second-order valence-electron chi connectivity index (χ2n) is 6.06. The van der Waals surface area contributed by atoms with Gasteiger partial charge in [-0.1, -0.05) is 37.3 Å². The van der Waals surface area contributed by atoms with E-state index < -0.39 is 5.54 Å². The van der Waals surface area contributed by atoms with E-state index in [-0.39, 0.29) is 18.2 Å². The fourth-order valence-corrected chi connectivity index (χ4v) is 2.64. The predicted molar refractivity (Wildman–Crippen MR) is 83.8 cm³/mol. The van der Waals surface area contributed by atoms with Crippen molar-refractivity contribution >= 4 is 5.91 Å². The van der Waals surface area contributed by atoms with Crippen LogP contribution in [-0.2, 0) is 9.53 Å². The summed E-state index contributed by atoms with van der Waals surface area (Å²) in [6.07, 6.45) is 0.888. The van der Waals surface area contributed by atoms with Gasteiger partial charge < -0.3 is 9.64 Å². The lowest BCUT2D eigenvalue weighted by molar-refractivity contribution is -0.134. The third-order valence-electron chi connectivity index (χ3n) is 4.11. The highest BCUT2D eigenvalue weighted by atomic mass is 16.5. The number of ether oxygens (including phenoxy) is 1. The van der Waals surface area contributed by atoms with Crippen LogP contribution in [0.3, 0.4) is 0 Å². The molecule has 0 radical (unpaired) electrons. The SMILES string of the molecule is CCC1(C)NC(c2ccccc2)N(CCOC(C)C)C1=O. The first-order valence-electron chi connectivity index (χ1n) is 7.73. The molecule has 116 valence electrons. The molecular weight excluding hydrogens is 264 g/mol. The fourth-order valence-electron chi connectivity index (χ4n) is 2.64. The highest BCUT2D eigenvalue weighted by Gasteiger charge is 2.46. The Balaban J connectivity index is 2.17. The molecule has 4 nitrogen and oxygen atoms in total. The van der Waals surface area contributed by atoms with Crippen molar-refractivity contribution in [3.8, 4) is 0 Å². The van der Waals surface area contributed by atoms with Crippen molar-refractivity contribution in [2.24, 2.45) is 0 Å². The smallest absolute Gasteiger partial charge is 0.244 e. The van der Waals surface area contributed by atoms with E-state index in [1.807, 2.05) is 50.8 Å². The van der Waals surface area contributed by atoms with Crippen LogP contribution in [0.2, 0.25) is 0 Å². The Kier molecular flexibility index (Phi) is 5.01. The average molecular weight is 290 g/mol. The molecule has 1 aromatic carbocycles. The van der Waals surface area contributed by atoms with E-state index >= 15 is 0 Å².